The minimum absolute atomic E-state index is 0.0158. The Bertz CT molecular complexity index is 1540. The zero-order chi connectivity index (χ0) is 30.4. The lowest BCUT2D eigenvalue weighted by Gasteiger charge is -2.41. The molecule has 5 heterocycles. The summed E-state index contributed by atoms with van der Waals surface area (Å²) >= 11 is 0. The zero-order valence-corrected chi connectivity index (χ0v) is 25.9. The van der Waals surface area contributed by atoms with Crippen molar-refractivity contribution < 1.29 is 24.1 Å². The summed E-state index contributed by atoms with van der Waals surface area (Å²) in [6.45, 7) is 6.61. The number of benzene rings is 2. The molecule has 4 aliphatic heterocycles. The van der Waals surface area contributed by atoms with Crippen LogP contribution < -0.4 is 19.3 Å². The van der Waals surface area contributed by atoms with Crippen LogP contribution in [0.4, 0.5) is 16.3 Å². The molecule has 0 saturated carbocycles. The first-order chi connectivity index (χ1) is 21.4. The highest BCUT2D eigenvalue weighted by molar-refractivity contribution is 5.98. The van der Waals surface area contributed by atoms with Crippen molar-refractivity contribution >= 4 is 28.4 Å². The van der Waals surface area contributed by atoms with E-state index in [1.807, 2.05) is 0 Å². The van der Waals surface area contributed by atoms with Gasteiger partial charge in [-0.1, -0.05) is 24.3 Å². The van der Waals surface area contributed by atoms with Crippen LogP contribution in [0.15, 0.2) is 30.3 Å². The van der Waals surface area contributed by atoms with Crippen LogP contribution in [0, 0.1) is 6.92 Å². The Morgan fingerprint density at radius 1 is 1.02 bits per heavy atom. The molecule has 4 aliphatic rings. The van der Waals surface area contributed by atoms with Crippen molar-refractivity contribution in [2.75, 3.05) is 63.5 Å². The van der Waals surface area contributed by atoms with E-state index in [2.05, 4.69) is 59.0 Å². The second-order valence-electron chi connectivity index (χ2n) is 12.6. The fourth-order valence-electron chi connectivity index (χ4n) is 7.68. The van der Waals surface area contributed by atoms with Gasteiger partial charge in [0.25, 0.3) is 0 Å². The van der Waals surface area contributed by atoms with Gasteiger partial charge in [-0.2, -0.15) is 9.97 Å². The Labute approximate surface area is 258 Å². The van der Waals surface area contributed by atoms with Gasteiger partial charge in [0.05, 0.1) is 24.3 Å². The molecule has 1 amide bonds. The van der Waals surface area contributed by atoms with Crippen LogP contribution in [0.3, 0.4) is 0 Å². The fraction of sp³-hybridized carbons (Fsp3) is 0.545. The predicted octanol–water partition coefficient (Wildman–Crippen LogP) is 4.29. The largest absolute Gasteiger partial charge is 0.467 e. The number of likely N-dealkylation sites (tertiary alicyclic amines) is 1. The number of hydrogen-bond donors (Lipinski definition) is 1. The molecule has 3 aromatic rings. The van der Waals surface area contributed by atoms with Crippen molar-refractivity contribution in [1.29, 1.82) is 0 Å². The molecular formula is C33H42N6O5. The molecule has 0 radical (unpaired) electrons. The minimum atomic E-state index is -0.818. The number of anilines is 2. The van der Waals surface area contributed by atoms with Crippen molar-refractivity contribution in [3.8, 4) is 11.8 Å². The Morgan fingerprint density at radius 2 is 1.80 bits per heavy atom. The van der Waals surface area contributed by atoms with Crippen molar-refractivity contribution in [1.82, 2.24) is 19.8 Å². The van der Waals surface area contributed by atoms with Gasteiger partial charge in [0.2, 0.25) is 0 Å². The van der Waals surface area contributed by atoms with Gasteiger partial charge in [-0.15, -0.1) is 0 Å². The number of amides is 1. The molecule has 2 bridgehead atoms. The van der Waals surface area contributed by atoms with E-state index in [9.17, 15) is 9.90 Å². The first-order valence-electron chi connectivity index (χ1n) is 15.8. The van der Waals surface area contributed by atoms with Gasteiger partial charge >= 0.3 is 12.1 Å². The first kappa shape index (κ1) is 28.9. The van der Waals surface area contributed by atoms with Gasteiger partial charge in [-0.25, -0.2) is 4.79 Å². The normalized spacial score (nSPS) is 23.3. The SMILES string of the molecule is COCOc1cc(N2CCc3c(nc(OC[C@@H]4CCCN4C)nc3N3C[C@H]4CC[C@@H](C3)N4C(=O)O)C2)c2ccccc2c1C. The molecule has 3 atom stereocenters. The summed E-state index contributed by atoms with van der Waals surface area (Å²) in [7, 11) is 3.78. The maximum absolute atomic E-state index is 12.0. The number of likely N-dealkylation sites (N-methyl/N-ethyl adjacent to an activating group) is 1. The summed E-state index contributed by atoms with van der Waals surface area (Å²) in [5.41, 5.74) is 4.30. The van der Waals surface area contributed by atoms with Crippen molar-refractivity contribution in [3.05, 3.63) is 47.2 Å². The van der Waals surface area contributed by atoms with Crippen molar-refractivity contribution in [2.45, 2.75) is 63.7 Å². The van der Waals surface area contributed by atoms with Crippen molar-refractivity contribution in [3.63, 3.8) is 0 Å². The number of piperazine rings is 1. The minimum Gasteiger partial charge on any atom is -0.467 e. The molecule has 1 N–H and O–H groups in total. The van der Waals surface area contributed by atoms with Gasteiger partial charge < -0.3 is 34.0 Å². The second-order valence-corrected chi connectivity index (χ2v) is 12.6. The Kier molecular flexibility index (Phi) is 7.84. The summed E-state index contributed by atoms with van der Waals surface area (Å²) in [5.74, 6) is 1.72. The topological polar surface area (TPSA) is 104 Å². The summed E-state index contributed by atoms with van der Waals surface area (Å²) in [6, 6.07) is 11.3. The zero-order valence-electron chi connectivity index (χ0n) is 25.9. The molecule has 11 nitrogen and oxygen atoms in total. The van der Waals surface area contributed by atoms with E-state index >= 15 is 0 Å². The summed E-state index contributed by atoms with van der Waals surface area (Å²) in [6.07, 6.45) is 4.02. The number of fused-ring (bicyclic) bond motifs is 4. The van der Waals surface area contributed by atoms with Crippen LogP contribution in [-0.2, 0) is 17.7 Å². The molecule has 44 heavy (non-hydrogen) atoms. The number of nitrogens with zero attached hydrogens (tertiary/aromatic N) is 6. The molecule has 0 spiro atoms. The molecule has 3 saturated heterocycles. The number of methoxy groups -OCH3 is 1. The van der Waals surface area contributed by atoms with Gasteiger partial charge in [-0.3, -0.25) is 4.90 Å². The Morgan fingerprint density at radius 3 is 2.50 bits per heavy atom. The molecule has 0 aliphatic carbocycles. The third kappa shape index (κ3) is 5.26. The second kappa shape index (κ2) is 11.9. The predicted molar refractivity (Wildman–Crippen MR) is 168 cm³/mol. The number of ether oxygens (including phenoxy) is 3. The highest BCUT2D eigenvalue weighted by Crippen LogP contribution is 2.40. The maximum Gasteiger partial charge on any atom is 0.407 e. The van der Waals surface area contributed by atoms with E-state index in [0.717, 1.165) is 78.2 Å². The molecule has 11 heteroatoms. The third-order valence-electron chi connectivity index (χ3n) is 10.0. The Balaban J connectivity index is 1.23. The number of aryl methyl sites for hydroxylation is 1. The lowest BCUT2D eigenvalue weighted by atomic mass is 9.99. The quantitative estimate of drug-likeness (QED) is 0.376. The molecule has 3 fully saturated rings. The van der Waals surface area contributed by atoms with Crippen LogP contribution in [0.2, 0.25) is 0 Å². The van der Waals surface area contributed by atoms with E-state index in [0.29, 0.717) is 38.3 Å². The fourth-order valence-corrected chi connectivity index (χ4v) is 7.68. The summed E-state index contributed by atoms with van der Waals surface area (Å²) in [4.78, 5) is 30.7. The van der Waals surface area contributed by atoms with E-state index in [1.165, 1.54) is 11.8 Å². The molecule has 2 aromatic carbocycles. The van der Waals surface area contributed by atoms with E-state index in [-0.39, 0.29) is 18.9 Å². The monoisotopic (exact) mass is 602 g/mol. The lowest BCUT2D eigenvalue weighted by molar-refractivity contribution is 0.0508. The first-order valence-corrected chi connectivity index (χ1v) is 15.8. The smallest absolute Gasteiger partial charge is 0.407 e. The molecular weight excluding hydrogens is 560 g/mol. The number of aromatic nitrogens is 2. The van der Waals surface area contributed by atoms with Crippen LogP contribution in [0.5, 0.6) is 11.8 Å². The van der Waals surface area contributed by atoms with Crippen molar-refractivity contribution in [2.24, 2.45) is 0 Å². The average molecular weight is 603 g/mol. The highest BCUT2D eigenvalue weighted by atomic mass is 16.7. The van der Waals surface area contributed by atoms with Gasteiger partial charge in [0.1, 0.15) is 18.2 Å². The third-order valence-corrected chi connectivity index (χ3v) is 10.0. The lowest BCUT2D eigenvalue weighted by Crippen LogP contribution is -2.56. The standard InChI is InChI=1S/C33H42N6O5/c1-21-25-8-4-5-9-26(25)29(15-30(21)44-20-42-3)37-14-12-27-28(18-37)34-32(43-19-24-7-6-13-36(24)2)35-31(27)38-16-22-10-11-23(17-38)39(22)33(40)41/h4-5,8-9,15,22-24H,6-7,10-14,16-20H2,1-3H3,(H,40,41)/t22-,23+,24-/m0/s1. The van der Waals surface area contributed by atoms with E-state index in [1.54, 1.807) is 12.0 Å². The Hall–Kier alpha value is -3.83. The molecule has 7 rings (SSSR count). The number of carbonyl (C=O) groups is 1. The van der Waals surface area contributed by atoms with Crippen LogP contribution in [0.1, 0.15) is 42.5 Å². The molecule has 234 valence electrons. The molecule has 1 aromatic heterocycles. The van der Waals surface area contributed by atoms with E-state index in [4.69, 9.17) is 24.2 Å². The van der Waals surface area contributed by atoms with Crippen LogP contribution >= 0.6 is 0 Å². The average Bonchev–Trinajstić information content (AvgIpc) is 3.57. The van der Waals surface area contributed by atoms with Gasteiger partial charge in [0, 0.05) is 55.5 Å². The number of hydrogen-bond acceptors (Lipinski definition) is 9. The number of carboxylic acid groups (broad SMARTS) is 1. The van der Waals surface area contributed by atoms with E-state index < -0.39 is 6.09 Å². The van der Waals surface area contributed by atoms with Gasteiger partial charge in [-0.05, 0) is 63.6 Å². The highest BCUT2D eigenvalue weighted by Gasteiger charge is 2.44. The molecule has 0 unspecified atom stereocenters. The van der Waals surface area contributed by atoms with Crippen LogP contribution in [-0.4, -0.2) is 103 Å². The van der Waals surface area contributed by atoms with Crippen LogP contribution in [0.25, 0.3) is 10.8 Å². The van der Waals surface area contributed by atoms with Gasteiger partial charge in [0.15, 0.2) is 6.79 Å². The maximum atomic E-state index is 12.0. The summed E-state index contributed by atoms with van der Waals surface area (Å²) < 4.78 is 17.6. The summed E-state index contributed by atoms with van der Waals surface area (Å²) in [5, 5.41) is 12.2. The number of rotatable bonds is 8.